The summed E-state index contributed by atoms with van der Waals surface area (Å²) in [7, 11) is -3.42. The Labute approximate surface area is 161 Å². The predicted molar refractivity (Wildman–Crippen MR) is 106 cm³/mol. The van der Waals surface area contributed by atoms with Crippen LogP contribution in [-0.4, -0.2) is 31.7 Å². The van der Waals surface area contributed by atoms with Crippen LogP contribution in [0.4, 0.5) is 0 Å². The maximum atomic E-state index is 12.7. The topological polar surface area (TPSA) is 66.5 Å². The van der Waals surface area contributed by atoms with Gasteiger partial charge in [0.15, 0.2) is 0 Å². The molecule has 3 rings (SSSR count). The number of amides is 1. The molecule has 1 aliphatic rings. The molecule has 1 heterocycles. The van der Waals surface area contributed by atoms with Crippen molar-refractivity contribution in [3.05, 3.63) is 64.7 Å². The molecule has 1 aliphatic heterocycles. The number of hydrogen-bond donors (Lipinski definition) is 1. The third-order valence-corrected chi connectivity index (χ3v) is 7.01. The molecule has 0 spiro atoms. The summed E-state index contributed by atoms with van der Waals surface area (Å²) in [6, 6.07) is 12.4. The maximum Gasteiger partial charge on any atom is 0.251 e. The molecule has 0 aromatic heterocycles. The zero-order valence-electron chi connectivity index (χ0n) is 15.9. The van der Waals surface area contributed by atoms with Gasteiger partial charge in [-0.05, 0) is 67.6 Å². The monoisotopic (exact) mass is 386 g/mol. The van der Waals surface area contributed by atoms with Gasteiger partial charge in [0.2, 0.25) is 10.0 Å². The second kappa shape index (κ2) is 8.23. The van der Waals surface area contributed by atoms with Crippen molar-refractivity contribution in [3.8, 4) is 0 Å². The van der Waals surface area contributed by atoms with Crippen LogP contribution in [0.25, 0.3) is 0 Å². The maximum absolute atomic E-state index is 12.7. The minimum Gasteiger partial charge on any atom is -0.348 e. The number of carbonyl (C=O) groups excluding carboxylic acids is 1. The fraction of sp³-hybridized carbons (Fsp3) is 0.381. The van der Waals surface area contributed by atoms with E-state index in [1.807, 2.05) is 32.0 Å². The fourth-order valence-corrected chi connectivity index (χ4v) is 4.72. The van der Waals surface area contributed by atoms with Crippen LogP contribution < -0.4 is 5.32 Å². The molecule has 144 valence electrons. The number of aryl methyl sites for hydroxylation is 2. The normalized spacial score (nSPS) is 15.5. The summed E-state index contributed by atoms with van der Waals surface area (Å²) in [6.07, 6.45) is 2.93. The van der Waals surface area contributed by atoms with Gasteiger partial charge in [0.25, 0.3) is 5.91 Å². The molecule has 0 atom stereocenters. The average molecular weight is 387 g/mol. The van der Waals surface area contributed by atoms with Crippen LogP contribution in [0.15, 0.2) is 47.4 Å². The van der Waals surface area contributed by atoms with Gasteiger partial charge in [-0.2, -0.15) is 4.31 Å². The summed E-state index contributed by atoms with van der Waals surface area (Å²) in [6.45, 7) is 5.53. The predicted octanol–water partition coefficient (Wildman–Crippen LogP) is 3.41. The van der Waals surface area contributed by atoms with Crippen molar-refractivity contribution in [2.24, 2.45) is 0 Å². The van der Waals surface area contributed by atoms with Crippen molar-refractivity contribution in [2.75, 3.05) is 13.1 Å². The van der Waals surface area contributed by atoms with Crippen LogP contribution in [0.5, 0.6) is 0 Å². The summed E-state index contributed by atoms with van der Waals surface area (Å²) in [5, 5.41) is 2.88. The van der Waals surface area contributed by atoms with Crippen LogP contribution in [0.2, 0.25) is 0 Å². The molecule has 1 fully saturated rings. The number of sulfonamides is 1. The number of nitrogens with one attached hydrogen (secondary N) is 1. The van der Waals surface area contributed by atoms with Crippen molar-refractivity contribution < 1.29 is 13.2 Å². The number of hydrogen-bond acceptors (Lipinski definition) is 3. The fourth-order valence-electron chi connectivity index (χ4n) is 3.20. The lowest BCUT2D eigenvalue weighted by Crippen LogP contribution is -2.35. The Kier molecular flexibility index (Phi) is 5.97. The first-order chi connectivity index (χ1) is 12.9. The van der Waals surface area contributed by atoms with Gasteiger partial charge < -0.3 is 5.32 Å². The van der Waals surface area contributed by atoms with Crippen molar-refractivity contribution in [3.63, 3.8) is 0 Å². The molecule has 6 heteroatoms. The van der Waals surface area contributed by atoms with E-state index in [4.69, 9.17) is 0 Å². The number of carbonyl (C=O) groups is 1. The molecule has 0 saturated carbocycles. The minimum absolute atomic E-state index is 0.136. The number of rotatable bonds is 5. The van der Waals surface area contributed by atoms with Gasteiger partial charge in [-0.15, -0.1) is 0 Å². The quantitative estimate of drug-likeness (QED) is 0.856. The molecular weight excluding hydrogens is 360 g/mol. The SMILES string of the molecule is Cc1ccc(C(=O)NCc2ccc(S(=O)(=O)N3CCCCC3)cc2)cc1C. The highest BCUT2D eigenvalue weighted by Crippen LogP contribution is 2.21. The first kappa shape index (κ1) is 19.6. The molecule has 5 nitrogen and oxygen atoms in total. The molecule has 0 bridgehead atoms. The van der Waals surface area contributed by atoms with E-state index in [2.05, 4.69) is 5.32 Å². The third kappa shape index (κ3) is 4.57. The van der Waals surface area contributed by atoms with Crippen LogP contribution in [0.3, 0.4) is 0 Å². The smallest absolute Gasteiger partial charge is 0.251 e. The van der Waals surface area contributed by atoms with E-state index in [1.54, 1.807) is 28.6 Å². The van der Waals surface area contributed by atoms with E-state index in [0.717, 1.165) is 36.0 Å². The van der Waals surface area contributed by atoms with Crippen molar-refractivity contribution >= 4 is 15.9 Å². The number of piperidine rings is 1. The molecule has 0 radical (unpaired) electrons. The lowest BCUT2D eigenvalue weighted by atomic mass is 10.1. The summed E-state index contributed by atoms with van der Waals surface area (Å²) >= 11 is 0. The highest BCUT2D eigenvalue weighted by Gasteiger charge is 2.25. The van der Waals surface area contributed by atoms with Gasteiger partial charge in [-0.25, -0.2) is 8.42 Å². The van der Waals surface area contributed by atoms with Gasteiger partial charge in [0.05, 0.1) is 4.90 Å². The largest absolute Gasteiger partial charge is 0.348 e. The summed E-state index contributed by atoms with van der Waals surface area (Å²) in [5.41, 5.74) is 3.72. The summed E-state index contributed by atoms with van der Waals surface area (Å²) < 4.78 is 26.9. The molecule has 0 aliphatic carbocycles. The molecule has 1 amide bonds. The first-order valence-corrected chi connectivity index (χ1v) is 10.8. The van der Waals surface area contributed by atoms with E-state index < -0.39 is 10.0 Å². The standard InChI is InChI=1S/C21H26N2O3S/c1-16-6-9-19(14-17(16)2)21(24)22-15-18-7-10-20(11-8-18)27(25,26)23-12-4-3-5-13-23/h6-11,14H,3-5,12-13,15H2,1-2H3,(H,22,24). The van der Waals surface area contributed by atoms with Crippen LogP contribution in [-0.2, 0) is 16.6 Å². The Morgan fingerprint density at radius 3 is 2.26 bits per heavy atom. The Hall–Kier alpha value is -2.18. The van der Waals surface area contributed by atoms with E-state index in [9.17, 15) is 13.2 Å². The molecule has 2 aromatic rings. The Bertz CT molecular complexity index is 915. The van der Waals surface area contributed by atoms with Crippen LogP contribution >= 0.6 is 0 Å². The van der Waals surface area contributed by atoms with Gasteiger partial charge in [-0.3, -0.25) is 4.79 Å². The average Bonchev–Trinajstić information content (AvgIpc) is 2.69. The first-order valence-electron chi connectivity index (χ1n) is 9.32. The Balaban J connectivity index is 1.63. The number of nitrogens with zero attached hydrogens (tertiary/aromatic N) is 1. The number of benzene rings is 2. The van der Waals surface area contributed by atoms with Crippen molar-refractivity contribution in [2.45, 2.75) is 44.6 Å². The lowest BCUT2D eigenvalue weighted by molar-refractivity contribution is 0.0951. The second-order valence-corrected chi connectivity index (χ2v) is 9.03. The Morgan fingerprint density at radius 1 is 0.963 bits per heavy atom. The summed E-state index contributed by atoms with van der Waals surface area (Å²) in [5.74, 6) is -0.136. The zero-order valence-corrected chi connectivity index (χ0v) is 16.7. The summed E-state index contributed by atoms with van der Waals surface area (Å²) in [4.78, 5) is 12.6. The zero-order chi connectivity index (χ0) is 19.4. The van der Waals surface area contributed by atoms with Crippen LogP contribution in [0.1, 0.15) is 46.3 Å². The molecule has 0 unspecified atom stereocenters. The van der Waals surface area contributed by atoms with Crippen molar-refractivity contribution in [1.82, 2.24) is 9.62 Å². The third-order valence-electron chi connectivity index (χ3n) is 5.10. The highest BCUT2D eigenvalue weighted by molar-refractivity contribution is 7.89. The van der Waals surface area contributed by atoms with E-state index in [1.165, 1.54) is 0 Å². The lowest BCUT2D eigenvalue weighted by Gasteiger charge is -2.25. The molecule has 27 heavy (non-hydrogen) atoms. The van der Waals surface area contributed by atoms with E-state index in [0.29, 0.717) is 30.1 Å². The van der Waals surface area contributed by atoms with Crippen LogP contribution in [0, 0.1) is 13.8 Å². The molecular formula is C21H26N2O3S. The van der Waals surface area contributed by atoms with Gasteiger partial charge >= 0.3 is 0 Å². The Morgan fingerprint density at radius 2 is 1.63 bits per heavy atom. The highest BCUT2D eigenvalue weighted by atomic mass is 32.2. The van der Waals surface area contributed by atoms with Crippen molar-refractivity contribution in [1.29, 1.82) is 0 Å². The van der Waals surface area contributed by atoms with E-state index >= 15 is 0 Å². The second-order valence-electron chi connectivity index (χ2n) is 7.09. The molecule has 1 N–H and O–H groups in total. The minimum atomic E-state index is -3.42. The van der Waals surface area contributed by atoms with Gasteiger partial charge in [-0.1, -0.05) is 24.6 Å². The molecule has 1 saturated heterocycles. The van der Waals surface area contributed by atoms with Gasteiger partial charge in [0.1, 0.15) is 0 Å². The van der Waals surface area contributed by atoms with E-state index in [-0.39, 0.29) is 5.91 Å². The molecule has 2 aromatic carbocycles. The van der Waals surface area contributed by atoms with Gasteiger partial charge in [0, 0.05) is 25.2 Å².